The van der Waals surface area contributed by atoms with Crippen LogP contribution in [0.15, 0.2) is 24.3 Å². The van der Waals surface area contributed by atoms with Crippen LogP contribution in [0.4, 0.5) is 0 Å². The fraction of sp³-hybridized carbons (Fsp3) is 0.467. The minimum atomic E-state index is 0.0694. The number of fused-ring (bicyclic) bond motifs is 1. The first-order chi connectivity index (χ1) is 10.2. The fourth-order valence-electron chi connectivity index (χ4n) is 1.99. The molecule has 0 bridgehead atoms. The smallest absolute Gasteiger partial charge is 0.230 e. The first kappa shape index (κ1) is 15.9. The highest BCUT2D eigenvalue weighted by Crippen LogP contribution is 2.27. The average Bonchev–Trinajstić information content (AvgIpc) is 2.93. The topological polar surface area (TPSA) is 83.8 Å². The minimum Gasteiger partial charge on any atom is -0.355 e. The lowest BCUT2D eigenvalue weighted by atomic mass is 10.3. The molecule has 0 aliphatic rings. The normalized spacial score (nSPS) is 12.5. The maximum absolute atomic E-state index is 11.7. The van der Waals surface area contributed by atoms with Gasteiger partial charge < -0.3 is 16.0 Å². The number of unbranched alkanes of at least 4 members (excludes halogenated alkanes) is 1. The lowest BCUT2D eigenvalue weighted by Crippen LogP contribution is -2.26. The third kappa shape index (κ3) is 4.75. The van der Waals surface area contributed by atoms with E-state index in [4.69, 9.17) is 5.73 Å². The van der Waals surface area contributed by atoms with E-state index in [1.807, 2.05) is 24.3 Å². The zero-order valence-corrected chi connectivity index (χ0v) is 13.1. The van der Waals surface area contributed by atoms with Gasteiger partial charge in [-0.3, -0.25) is 4.79 Å². The molecule has 4 N–H and O–H groups in total. The number of hydrogen-bond acceptors (Lipinski definition) is 4. The van der Waals surface area contributed by atoms with Crippen LogP contribution < -0.4 is 11.1 Å². The van der Waals surface area contributed by atoms with Crippen LogP contribution in [0.5, 0.6) is 0 Å². The number of carbonyl (C=O) groups is 1. The number of nitrogens with two attached hydrogens (primary N) is 1. The van der Waals surface area contributed by atoms with Crippen molar-refractivity contribution in [3.63, 3.8) is 0 Å². The second-order valence-corrected chi connectivity index (χ2v) is 6.27. The van der Waals surface area contributed by atoms with Crippen LogP contribution >= 0.6 is 11.8 Å². The number of rotatable bonds is 8. The zero-order valence-electron chi connectivity index (χ0n) is 12.3. The first-order valence-electron chi connectivity index (χ1n) is 7.23. The van der Waals surface area contributed by atoms with Gasteiger partial charge in [0.05, 0.1) is 22.0 Å². The van der Waals surface area contributed by atoms with Crippen molar-refractivity contribution in [2.24, 2.45) is 5.73 Å². The molecule has 1 unspecified atom stereocenters. The average molecular weight is 306 g/mol. The summed E-state index contributed by atoms with van der Waals surface area (Å²) in [5.41, 5.74) is 7.41. The molecule has 1 amide bonds. The van der Waals surface area contributed by atoms with E-state index >= 15 is 0 Å². The predicted octanol–water partition coefficient (Wildman–Crippen LogP) is 2.21. The highest BCUT2D eigenvalue weighted by atomic mass is 32.2. The summed E-state index contributed by atoms with van der Waals surface area (Å²) in [6.45, 7) is 3.44. The third-order valence-corrected chi connectivity index (χ3v) is 4.36. The second-order valence-electron chi connectivity index (χ2n) is 4.94. The summed E-state index contributed by atoms with van der Waals surface area (Å²) in [5.74, 6) is 1.43. The Morgan fingerprint density at radius 1 is 1.43 bits per heavy atom. The maximum atomic E-state index is 11.7. The van der Waals surface area contributed by atoms with E-state index in [1.54, 1.807) is 11.8 Å². The van der Waals surface area contributed by atoms with Crippen molar-refractivity contribution in [1.82, 2.24) is 15.3 Å². The van der Waals surface area contributed by atoms with Gasteiger partial charge in [0.15, 0.2) is 0 Å². The number of amides is 1. The number of hydrogen-bond donors (Lipinski definition) is 3. The van der Waals surface area contributed by atoms with E-state index in [0.717, 1.165) is 29.7 Å². The Morgan fingerprint density at radius 2 is 2.24 bits per heavy atom. The molecule has 1 aromatic carbocycles. The summed E-state index contributed by atoms with van der Waals surface area (Å²) < 4.78 is 0. The largest absolute Gasteiger partial charge is 0.355 e. The van der Waals surface area contributed by atoms with E-state index in [1.165, 1.54) is 0 Å². The van der Waals surface area contributed by atoms with Crippen molar-refractivity contribution in [3.05, 3.63) is 30.1 Å². The minimum absolute atomic E-state index is 0.0694. The van der Waals surface area contributed by atoms with Gasteiger partial charge in [0.2, 0.25) is 5.91 Å². The lowest BCUT2D eigenvalue weighted by Gasteiger charge is -2.08. The van der Waals surface area contributed by atoms with E-state index < -0.39 is 0 Å². The molecule has 0 saturated carbocycles. The molecule has 0 aliphatic heterocycles. The van der Waals surface area contributed by atoms with Crippen molar-refractivity contribution in [2.75, 3.05) is 18.8 Å². The van der Waals surface area contributed by atoms with Crippen LogP contribution in [0.3, 0.4) is 0 Å². The molecule has 2 aromatic rings. The molecule has 5 nitrogen and oxygen atoms in total. The number of para-hydroxylation sites is 2. The molecule has 114 valence electrons. The van der Waals surface area contributed by atoms with E-state index in [0.29, 0.717) is 18.8 Å². The molecule has 0 fully saturated rings. The van der Waals surface area contributed by atoms with Gasteiger partial charge in [0.25, 0.3) is 0 Å². The van der Waals surface area contributed by atoms with Crippen molar-refractivity contribution in [3.8, 4) is 0 Å². The molecule has 0 radical (unpaired) electrons. The van der Waals surface area contributed by atoms with Crippen LogP contribution in [0.1, 0.15) is 30.8 Å². The van der Waals surface area contributed by atoms with Crippen molar-refractivity contribution < 1.29 is 4.79 Å². The van der Waals surface area contributed by atoms with Gasteiger partial charge in [-0.25, -0.2) is 4.98 Å². The van der Waals surface area contributed by atoms with Crippen LogP contribution in [0.2, 0.25) is 0 Å². The summed E-state index contributed by atoms with van der Waals surface area (Å²) in [6, 6.07) is 7.95. The van der Waals surface area contributed by atoms with Gasteiger partial charge in [-0.15, -0.1) is 11.8 Å². The van der Waals surface area contributed by atoms with Gasteiger partial charge in [0.1, 0.15) is 5.82 Å². The number of aromatic amines is 1. The van der Waals surface area contributed by atoms with Crippen LogP contribution in [-0.4, -0.2) is 34.7 Å². The van der Waals surface area contributed by atoms with Crippen LogP contribution in [0.25, 0.3) is 11.0 Å². The zero-order chi connectivity index (χ0) is 15.1. The Bertz CT molecular complexity index is 551. The Kier molecular flexibility index (Phi) is 6.07. The summed E-state index contributed by atoms with van der Waals surface area (Å²) in [6.07, 6.45) is 1.88. The Labute approximate surface area is 129 Å². The molecule has 0 spiro atoms. The standard InChI is InChI=1S/C15H22N4OS/c1-11(21-10-14(20)17-9-5-4-8-16)15-18-12-6-2-3-7-13(12)19-15/h2-3,6-7,11H,4-5,8-10,16H2,1H3,(H,17,20)(H,18,19). The van der Waals surface area contributed by atoms with Gasteiger partial charge in [-0.1, -0.05) is 12.1 Å². The highest BCUT2D eigenvalue weighted by Gasteiger charge is 2.13. The SMILES string of the molecule is CC(SCC(=O)NCCCCN)c1nc2ccccc2[nH]1. The monoisotopic (exact) mass is 306 g/mol. The van der Waals surface area contributed by atoms with Crippen molar-refractivity contribution >= 4 is 28.7 Å². The predicted molar refractivity (Wildman–Crippen MR) is 88.3 cm³/mol. The van der Waals surface area contributed by atoms with Crippen LogP contribution in [0, 0.1) is 0 Å². The summed E-state index contributed by atoms with van der Waals surface area (Å²) in [7, 11) is 0. The van der Waals surface area contributed by atoms with E-state index in [2.05, 4.69) is 22.2 Å². The molecule has 2 rings (SSSR count). The molecule has 1 heterocycles. The number of benzene rings is 1. The maximum Gasteiger partial charge on any atom is 0.230 e. The summed E-state index contributed by atoms with van der Waals surface area (Å²) in [4.78, 5) is 19.6. The number of imidazole rings is 1. The van der Waals surface area contributed by atoms with Gasteiger partial charge in [0, 0.05) is 6.54 Å². The highest BCUT2D eigenvalue weighted by molar-refractivity contribution is 8.00. The summed E-state index contributed by atoms with van der Waals surface area (Å²) >= 11 is 1.59. The summed E-state index contributed by atoms with van der Waals surface area (Å²) in [5, 5.41) is 3.06. The number of H-pyrrole nitrogens is 1. The molecule has 6 heteroatoms. The van der Waals surface area contributed by atoms with Crippen molar-refractivity contribution in [1.29, 1.82) is 0 Å². The van der Waals surface area contributed by atoms with Gasteiger partial charge in [-0.2, -0.15) is 0 Å². The van der Waals surface area contributed by atoms with E-state index in [-0.39, 0.29) is 11.2 Å². The third-order valence-electron chi connectivity index (χ3n) is 3.21. The second kappa shape index (κ2) is 8.05. The molecular formula is C15H22N4OS. The molecular weight excluding hydrogens is 284 g/mol. The Morgan fingerprint density at radius 3 is 3.00 bits per heavy atom. The number of aromatic nitrogens is 2. The Balaban J connectivity index is 1.78. The number of carbonyl (C=O) groups excluding carboxylic acids is 1. The molecule has 0 saturated heterocycles. The fourth-order valence-corrected chi connectivity index (χ4v) is 2.77. The van der Waals surface area contributed by atoms with Crippen LogP contribution in [-0.2, 0) is 4.79 Å². The number of nitrogens with zero attached hydrogens (tertiary/aromatic N) is 1. The van der Waals surface area contributed by atoms with Gasteiger partial charge in [-0.05, 0) is 38.4 Å². The molecule has 21 heavy (non-hydrogen) atoms. The van der Waals surface area contributed by atoms with Gasteiger partial charge >= 0.3 is 0 Å². The van der Waals surface area contributed by atoms with Crippen molar-refractivity contribution in [2.45, 2.75) is 25.0 Å². The quantitative estimate of drug-likeness (QED) is 0.653. The first-order valence-corrected chi connectivity index (χ1v) is 8.28. The molecule has 1 atom stereocenters. The molecule has 1 aromatic heterocycles. The lowest BCUT2D eigenvalue weighted by molar-refractivity contribution is -0.118. The number of thioether (sulfide) groups is 1. The van der Waals surface area contributed by atoms with E-state index in [9.17, 15) is 4.79 Å². The Hall–Kier alpha value is -1.53. The number of nitrogens with one attached hydrogen (secondary N) is 2. The molecule has 0 aliphatic carbocycles.